The van der Waals surface area contributed by atoms with Gasteiger partial charge in [0.25, 0.3) is 0 Å². The highest BCUT2D eigenvalue weighted by Gasteiger charge is 1.80. The van der Waals surface area contributed by atoms with E-state index in [0.717, 1.165) is 0 Å². The Morgan fingerprint density at radius 1 is 1.38 bits per heavy atom. The van der Waals surface area contributed by atoms with Gasteiger partial charge in [-0.3, -0.25) is 4.79 Å². The first-order valence-corrected chi connectivity index (χ1v) is 2.46. The molecule has 0 aromatic rings. The van der Waals surface area contributed by atoms with E-state index in [1.54, 1.807) is 12.2 Å². The molecule has 0 heterocycles. The first-order valence-electron chi connectivity index (χ1n) is 2.46. The van der Waals surface area contributed by atoms with Crippen molar-refractivity contribution in [2.75, 3.05) is 0 Å². The zero-order valence-corrected chi connectivity index (χ0v) is 4.52. The molecular formula is C6H7O2. The summed E-state index contributed by atoms with van der Waals surface area (Å²) in [4.78, 5) is 19.0. The zero-order chi connectivity index (χ0) is 6.24. The Hall–Kier alpha value is -0.880. The van der Waals surface area contributed by atoms with Crippen LogP contribution in [0.2, 0.25) is 0 Å². The maximum absolute atomic E-state index is 9.53. The largest absolute Gasteiger partial charge is 0.291 e. The molecule has 0 aromatic carbocycles. The van der Waals surface area contributed by atoms with E-state index in [-0.39, 0.29) is 0 Å². The number of hydrogen-bond donors (Lipinski definition) is 0. The summed E-state index contributed by atoms with van der Waals surface area (Å²) in [5.74, 6) is 1.62. The van der Waals surface area contributed by atoms with Gasteiger partial charge in [-0.05, 0) is 18.9 Å². The maximum Gasteiger partial charge on any atom is 0.198 e. The Morgan fingerprint density at radius 3 is 2.62 bits per heavy atom. The van der Waals surface area contributed by atoms with Crippen molar-refractivity contribution in [3.05, 3.63) is 6.08 Å². The third kappa shape index (κ3) is 5.12. The summed E-state index contributed by atoms with van der Waals surface area (Å²) in [7, 11) is 0. The summed E-state index contributed by atoms with van der Waals surface area (Å²) in [6.45, 7) is 0. The van der Waals surface area contributed by atoms with Crippen LogP contribution in [0.25, 0.3) is 0 Å². The van der Waals surface area contributed by atoms with E-state index >= 15 is 0 Å². The van der Waals surface area contributed by atoms with Crippen molar-refractivity contribution in [1.82, 2.24) is 0 Å². The molecule has 0 atom stereocenters. The molecule has 43 valence electrons. The van der Waals surface area contributed by atoms with Gasteiger partial charge in [0, 0.05) is 6.42 Å². The molecule has 0 rings (SSSR count). The van der Waals surface area contributed by atoms with Gasteiger partial charge in [-0.15, -0.1) is 0 Å². The number of unbranched alkanes of at least 4 members (excludes halogenated alkanes) is 2. The molecule has 0 aromatic heterocycles. The first-order chi connectivity index (χ1) is 3.91. The minimum absolute atomic E-state index is 0.415. The van der Waals surface area contributed by atoms with Crippen LogP contribution in [0.1, 0.15) is 19.3 Å². The molecule has 0 saturated carbocycles. The minimum Gasteiger partial charge on any atom is -0.291 e. The number of allylic oxidation sites excluding steroid dienone is 1. The highest BCUT2D eigenvalue weighted by Crippen LogP contribution is 1.90. The van der Waals surface area contributed by atoms with Crippen molar-refractivity contribution in [1.29, 1.82) is 0 Å². The lowest BCUT2D eigenvalue weighted by molar-refractivity contribution is 0.548. The van der Waals surface area contributed by atoms with Gasteiger partial charge in [-0.1, -0.05) is 0 Å². The Kier molecular flexibility index (Phi) is 5.45. The van der Waals surface area contributed by atoms with E-state index in [2.05, 4.69) is 0 Å². The normalized spacial score (nSPS) is 7.50. The van der Waals surface area contributed by atoms with Crippen LogP contribution < -0.4 is 0 Å². The molecule has 0 bridgehead atoms. The van der Waals surface area contributed by atoms with Crippen LogP contribution in [0.3, 0.4) is 0 Å². The molecule has 2 heteroatoms. The van der Waals surface area contributed by atoms with Crippen molar-refractivity contribution in [2.45, 2.75) is 19.3 Å². The van der Waals surface area contributed by atoms with E-state index in [1.807, 2.05) is 0 Å². The lowest BCUT2D eigenvalue weighted by Crippen LogP contribution is -1.72. The lowest BCUT2D eigenvalue weighted by Gasteiger charge is -1.79. The summed E-state index contributed by atoms with van der Waals surface area (Å²) in [6, 6.07) is 0. The SMILES string of the molecule is O=[C]CCCC=C=O. The standard InChI is InChI=1S/C6H7O2/c7-5-3-1-2-4-6-8/h3H,1-2,4H2. The molecule has 0 fully saturated rings. The van der Waals surface area contributed by atoms with Crippen LogP contribution >= 0.6 is 0 Å². The fourth-order valence-corrected chi connectivity index (χ4v) is 0.335. The zero-order valence-electron chi connectivity index (χ0n) is 4.52. The monoisotopic (exact) mass is 111 g/mol. The van der Waals surface area contributed by atoms with E-state index in [0.29, 0.717) is 19.3 Å². The highest BCUT2D eigenvalue weighted by atomic mass is 16.1. The third-order valence-corrected chi connectivity index (χ3v) is 0.711. The summed E-state index contributed by atoms with van der Waals surface area (Å²) >= 11 is 0. The molecule has 0 aliphatic heterocycles. The fraction of sp³-hybridized carbons (Fsp3) is 0.500. The summed E-state index contributed by atoms with van der Waals surface area (Å²) < 4.78 is 0. The lowest BCUT2D eigenvalue weighted by atomic mass is 10.2. The molecule has 0 N–H and O–H groups in total. The molecule has 0 unspecified atom stereocenters. The number of carbonyl (C=O) groups excluding carboxylic acids is 2. The molecular weight excluding hydrogens is 104 g/mol. The first kappa shape index (κ1) is 7.12. The van der Waals surface area contributed by atoms with Crippen molar-refractivity contribution in [3.63, 3.8) is 0 Å². The fourth-order valence-electron chi connectivity index (χ4n) is 0.335. The van der Waals surface area contributed by atoms with Crippen molar-refractivity contribution >= 4 is 12.2 Å². The van der Waals surface area contributed by atoms with Crippen LogP contribution in [-0.2, 0) is 9.59 Å². The van der Waals surface area contributed by atoms with Crippen LogP contribution in [-0.4, -0.2) is 12.2 Å². The number of hydrogen-bond acceptors (Lipinski definition) is 2. The molecule has 1 radical (unpaired) electrons. The Bertz CT molecular complexity index is 101. The second-order valence-corrected chi connectivity index (χ2v) is 1.36. The van der Waals surface area contributed by atoms with E-state index in [9.17, 15) is 9.59 Å². The van der Waals surface area contributed by atoms with Gasteiger partial charge >= 0.3 is 0 Å². The molecule has 0 saturated heterocycles. The van der Waals surface area contributed by atoms with Crippen molar-refractivity contribution < 1.29 is 9.59 Å². The quantitative estimate of drug-likeness (QED) is 0.394. The van der Waals surface area contributed by atoms with Gasteiger partial charge in [0.05, 0.1) is 0 Å². The van der Waals surface area contributed by atoms with E-state index in [1.165, 1.54) is 6.08 Å². The predicted molar refractivity (Wildman–Crippen MR) is 29.8 cm³/mol. The van der Waals surface area contributed by atoms with E-state index in [4.69, 9.17) is 0 Å². The van der Waals surface area contributed by atoms with Crippen molar-refractivity contribution in [2.24, 2.45) is 0 Å². The van der Waals surface area contributed by atoms with Crippen LogP contribution in [0.5, 0.6) is 0 Å². The second kappa shape index (κ2) is 6.12. The highest BCUT2D eigenvalue weighted by molar-refractivity contribution is 5.50. The molecule has 0 amide bonds. The molecule has 0 aliphatic rings. The Labute approximate surface area is 48.2 Å². The summed E-state index contributed by atoms with van der Waals surface area (Å²) in [6.07, 6.45) is 4.86. The minimum atomic E-state index is 0.415. The molecule has 2 nitrogen and oxygen atoms in total. The van der Waals surface area contributed by atoms with Gasteiger partial charge in [0.2, 0.25) is 0 Å². The van der Waals surface area contributed by atoms with Gasteiger partial charge in [0.15, 0.2) is 6.29 Å². The van der Waals surface area contributed by atoms with Crippen molar-refractivity contribution in [3.8, 4) is 0 Å². The predicted octanol–water partition coefficient (Wildman–Crippen LogP) is 0.654. The smallest absolute Gasteiger partial charge is 0.198 e. The third-order valence-electron chi connectivity index (χ3n) is 0.711. The average Bonchev–Trinajstić information content (AvgIpc) is 1.81. The van der Waals surface area contributed by atoms with Gasteiger partial charge in [-0.2, -0.15) is 0 Å². The van der Waals surface area contributed by atoms with E-state index < -0.39 is 0 Å². The van der Waals surface area contributed by atoms with Gasteiger partial charge < -0.3 is 0 Å². The van der Waals surface area contributed by atoms with Crippen LogP contribution in [0.15, 0.2) is 6.08 Å². The van der Waals surface area contributed by atoms with Gasteiger partial charge in [-0.25, -0.2) is 4.79 Å². The average molecular weight is 111 g/mol. The molecule has 0 aliphatic carbocycles. The summed E-state index contributed by atoms with van der Waals surface area (Å²) in [5, 5.41) is 0. The topological polar surface area (TPSA) is 34.1 Å². The molecule has 0 spiro atoms. The maximum atomic E-state index is 9.53. The second-order valence-electron chi connectivity index (χ2n) is 1.36. The van der Waals surface area contributed by atoms with Crippen LogP contribution in [0, 0.1) is 0 Å². The summed E-state index contributed by atoms with van der Waals surface area (Å²) in [5.41, 5.74) is 0. The van der Waals surface area contributed by atoms with Gasteiger partial charge in [0.1, 0.15) is 5.94 Å². The molecule has 8 heavy (non-hydrogen) atoms. The Morgan fingerprint density at radius 2 is 2.12 bits per heavy atom. The Balaban J connectivity index is 2.93. The number of rotatable bonds is 4. The van der Waals surface area contributed by atoms with Crippen LogP contribution in [0.4, 0.5) is 0 Å².